The van der Waals surface area contributed by atoms with E-state index in [2.05, 4.69) is 6.92 Å². The number of aryl methyl sites for hydroxylation is 1. The molecule has 0 aromatic heterocycles. The Labute approximate surface area is 185 Å². The monoisotopic (exact) mass is 444 g/mol. The van der Waals surface area contributed by atoms with Gasteiger partial charge in [-0.1, -0.05) is 56.2 Å². The molecule has 168 valence electrons. The van der Waals surface area contributed by atoms with Crippen molar-refractivity contribution in [3.8, 4) is 11.1 Å². The predicted octanol–water partition coefficient (Wildman–Crippen LogP) is 8.05. The summed E-state index contributed by atoms with van der Waals surface area (Å²) in [4.78, 5) is 0. The minimum Gasteiger partial charge on any atom is -0.206 e. The summed E-state index contributed by atoms with van der Waals surface area (Å²) in [6.07, 6.45) is 4.43. The first-order chi connectivity index (χ1) is 15.4. The molecule has 1 atom stereocenters. The van der Waals surface area contributed by atoms with Crippen LogP contribution in [-0.2, 0) is 19.3 Å². The summed E-state index contributed by atoms with van der Waals surface area (Å²) in [6, 6.07) is 10.1. The van der Waals surface area contributed by atoms with Crippen LogP contribution in [0.5, 0.6) is 0 Å². The molecule has 1 unspecified atom stereocenters. The van der Waals surface area contributed by atoms with Crippen molar-refractivity contribution in [3.63, 3.8) is 0 Å². The van der Waals surface area contributed by atoms with Crippen molar-refractivity contribution in [2.45, 2.75) is 57.8 Å². The molecule has 0 fully saturated rings. The molecule has 32 heavy (non-hydrogen) atoms. The van der Waals surface area contributed by atoms with E-state index >= 15 is 4.39 Å². The first-order valence-electron chi connectivity index (χ1n) is 11.1. The number of hydrogen-bond acceptors (Lipinski definition) is 0. The molecule has 0 heterocycles. The Bertz CT molecular complexity index is 1140. The zero-order valence-corrected chi connectivity index (χ0v) is 18.0. The van der Waals surface area contributed by atoms with E-state index in [-0.39, 0.29) is 17.0 Å². The highest BCUT2D eigenvalue weighted by atomic mass is 19.2. The fraction of sp³-hybridized carbons (Fsp3) is 0.333. The number of halogens is 5. The van der Waals surface area contributed by atoms with Crippen molar-refractivity contribution in [1.29, 1.82) is 0 Å². The van der Waals surface area contributed by atoms with Crippen LogP contribution in [0, 0.1) is 29.1 Å². The summed E-state index contributed by atoms with van der Waals surface area (Å²) < 4.78 is 72.4. The molecule has 4 rings (SSSR count). The normalized spacial score (nSPS) is 15.6. The van der Waals surface area contributed by atoms with Crippen LogP contribution in [0.4, 0.5) is 22.0 Å². The van der Waals surface area contributed by atoms with Gasteiger partial charge in [0.05, 0.1) is 0 Å². The highest BCUT2D eigenvalue weighted by Crippen LogP contribution is 2.39. The van der Waals surface area contributed by atoms with Gasteiger partial charge < -0.3 is 0 Å². The Morgan fingerprint density at radius 3 is 2.34 bits per heavy atom. The molecule has 1 aliphatic carbocycles. The van der Waals surface area contributed by atoms with Crippen molar-refractivity contribution in [2.75, 3.05) is 0 Å². The molecule has 0 N–H and O–H groups in total. The summed E-state index contributed by atoms with van der Waals surface area (Å²) in [5.74, 6) is -4.56. The van der Waals surface area contributed by atoms with Gasteiger partial charge in [-0.15, -0.1) is 0 Å². The fourth-order valence-corrected chi connectivity index (χ4v) is 4.67. The Kier molecular flexibility index (Phi) is 6.63. The molecule has 1 aliphatic rings. The predicted molar refractivity (Wildman–Crippen MR) is 116 cm³/mol. The maximum absolute atomic E-state index is 15.2. The average Bonchev–Trinajstić information content (AvgIpc) is 2.79. The molecule has 0 saturated carbocycles. The van der Waals surface area contributed by atoms with Gasteiger partial charge in [0, 0.05) is 11.1 Å². The lowest BCUT2D eigenvalue weighted by Crippen LogP contribution is -2.17. The van der Waals surface area contributed by atoms with Gasteiger partial charge in [-0.25, -0.2) is 22.0 Å². The van der Waals surface area contributed by atoms with Crippen LogP contribution in [0.25, 0.3) is 11.1 Å². The standard InChI is InChI=1S/C27H25F5/c1-2-3-4-6-16-9-12-20(27(32)24(16)29)18-10-13-19-17(15-18)11-14-22(25(19)30)21-7-5-8-23(28)26(21)31/h5,7-9,11-12,14,18H,2-4,6,10,13,15H2,1H3. The van der Waals surface area contributed by atoms with Crippen molar-refractivity contribution in [3.05, 3.63) is 93.8 Å². The summed E-state index contributed by atoms with van der Waals surface area (Å²) in [7, 11) is 0. The highest BCUT2D eigenvalue weighted by molar-refractivity contribution is 5.67. The van der Waals surface area contributed by atoms with Crippen LogP contribution in [-0.4, -0.2) is 0 Å². The van der Waals surface area contributed by atoms with Crippen LogP contribution < -0.4 is 0 Å². The highest BCUT2D eigenvalue weighted by Gasteiger charge is 2.28. The van der Waals surface area contributed by atoms with Crippen molar-refractivity contribution in [1.82, 2.24) is 0 Å². The van der Waals surface area contributed by atoms with Gasteiger partial charge in [-0.2, -0.15) is 0 Å². The maximum Gasteiger partial charge on any atom is 0.166 e. The van der Waals surface area contributed by atoms with E-state index in [1.807, 2.05) is 0 Å². The average molecular weight is 444 g/mol. The molecule has 0 spiro atoms. The van der Waals surface area contributed by atoms with Crippen molar-refractivity contribution < 1.29 is 22.0 Å². The Morgan fingerprint density at radius 2 is 1.56 bits per heavy atom. The summed E-state index contributed by atoms with van der Waals surface area (Å²) in [5, 5.41) is 0. The molecule has 0 radical (unpaired) electrons. The van der Waals surface area contributed by atoms with E-state index in [0.29, 0.717) is 47.9 Å². The zero-order valence-electron chi connectivity index (χ0n) is 18.0. The van der Waals surface area contributed by atoms with Gasteiger partial charge >= 0.3 is 0 Å². The largest absolute Gasteiger partial charge is 0.206 e. The van der Waals surface area contributed by atoms with Crippen LogP contribution in [0.1, 0.15) is 60.8 Å². The van der Waals surface area contributed by atoms with Crippen LogP contribution in [0.15, 0.2) is 42.5 Å². The Balaban J connectivity index is 1.60. The number of unbranched alkanes of at least 4 members (excludes halogenated alkanes) is 2. The molecule has 3 aromatic carbocycles. The van der Waals surface area contributed by atoms with Gasteiger partial charge in [0.25, 0.3) is 0 Å². The van der Waals surface area contributed by atoms with Crippen molar-refractivity contribution in [2.24, 2.45) is 0 Å². The molecule has 0 saturated heterocycles. The minimum absolute atomic E-state index is 0.00728. The third-order valence-electron chi connectivity index (χ3n) is 6.47. The Hall–Kier alpha value is -2.69. The first kappa shape index (κ1) is 22.5. The summed E-state index contributed by atoms with van der Waals surface area (Å²) >= 11 is 0. The van der Waals surface area contributed by atoms with Crippen LogP contribution in [0.3, 0.4) is 0 Å². The van der Waals surface area contributed by atoms with E-state index in [1.54, 1.807) is 18.2 Å². The van der Waals surface area contributed by atoms with E-state index < -0.39 is 29.1 Å². The van der Waals surface area contributed by atoms with Crippen LogP contribution in [0.2, 0.25) is 0 Å². The third kappa shape index (κ3) is 4.17. The quantitative estimate of drug-likeness (QED) is 0.266. The second-order valence-electron chi connectivity index (χ2n) is 8.50. The van der Waals surface area contributed by atoms with Gasteiger partial charge in [0.15, 0.2) is 23.3 Å². The maximum atomic E-state index is 15.2. The lowest BCUT2D eigenvalue weighted by Gasteiger charge is -2.27. The number of hydrogen-bond donors (Lipinski definition) is 0. The van der Waals surface area contributed by atoms with Gasteiger partial charge in [-0.05, 0) is 66.3 Å². The Morgan fingerprint density at radius 1 is 0.781 bits per heavy atom. The summed E-state index contributed by atoms with van der Waals surface area (Å²) in [6.45, 7) is 2.06. The number of benzene rings is 3. The third-order valence-corrected chi connectivity index (χ3v) is 6.47. The lowest BCUT2D eigenvalue weighted by molar-refractivity contribution is 0.463. The molecule has 0 bridgehead atoms. The van der Waals surface area contributed by atoms with E-state index in [1.165, 1.54) is 18.2 Å². The second-order valence-corrected chi connectivity index (χ2v) is 8.50. The molecular weight excluding hydrogens is 419 g/mol. The van der Waals surface area contributed by atoms with E-state index in [0.717, 1.165) is 25.3 Å². The van der Waals surface area contributed by atoms with Gasteiger partial charge in [-0.3, -0.25) is 0 Å². The molecule has 0 aliphatic heterocycles. The first-order valence-corrected chi connectivity index (χ1v) is 11.1. The molecule has 3 aromatic rings. The smallest absolute Gasteiger partial charge is 0.166 e. The topological polar surface area (TPSA) is 0 Å². The molecule has 0 nitrogen and oxygen atoms in total. The second kappa shape index (κ2) is 9.43. The minimum atomic E-state index is -1.09. The molecule has 0 amide bonds. The SMILES string of the molecule is CCCCCc1ccc(C2CCc3c(ccc(-c4cccc(F)c4F)c3F)C2)c(F)c1F. The van der Waals surface area contributed by atoms with Crippen molar-refractivity contribution >= 4 is 0 Å². The molecular formula is C27H25F5. The number of rotatable bonds is 6. The summed E-state index contributed by atoms with van der Waals surface area (Å²) in [5.41, 5.74) is 1.70. The van der Waals surface area contributed by atoms with E-state index in [4.69, 9.17) is 0 Å². The fourth-order valence-electron chi connectivity index (χ4n) is 4.67. The van der Waals surface area contributed by atoms with Gasteiger partial charge in [0.1, 0.15) is 5.82 Å². The molecule has 5 heteroatoms. The van der Waals surface area contributed by atoms with E-state index in [9.17, 15) is 17.6 Å². The van der Waals surface area contributed by atoms with Crippen LogP contribution >= 0.6 is 0 Å². The van der Waals surface area contributed by atoms with Gasteiger partial charge in [0.2, 0.25) is 0 Å². The lowest BCUT2D eigenvalue weighted by atomic mass is 9.78. The zero-order chi connectivity index (χ0) is 22.8. The number of fused-ring (bicyclic) bond motifs is 1.